The predicted octanol–water partition coefficient (Wildman–Crippen LogP) is -0.252. The van der Waals surface area contributed by atoms with Gasteiger partial charge in [-0.1, -0.05) is 19.0 Å². The fourth-order valence-electron chi connectivity index (χ4n) is 3.27. The maximum absolute atomic E-state index is 13.0. The van der Waals surface area contributed by atoms with E-state index < -0.39 is 41.4 Å². The molecule has 0 aliphatic carbocycles. The summed E-state index contributed by atoms with van der Waals surface area (Å²) in [5.41, 5.74) is -0.398. The van der Waals surface area contributed by atoms with Gasteiger partial charge in [0.2, 0.25) is 17.6 Å². The van der Waals surface area contributed by atoms with Gasteiger partial charge in [0.05, 0.1) is 31.6 Å². The summed E-state index contributed by atoms with van der Waals surface area (Å²) in [7, 11) is 2.75. The number of aromatic nitrogens is 1. The molecule has 1 aliphatic rings. The van der Waals surface area contributed by atoms with E-state index in [9.17, 15) is 19.2 Å². The maximum Gasteiger partial charge on any atom is 0.290 e. The van der Waals surface area contributed by atoms with E-state index in [4.69, 9.17) is 18.7 Å². The molecule has 4 atom stereocenters. The van der Waals surface area contributed by atoms with E-state index in [-0.39, 0.29) is 30.7 Å². The molecule has 0 bridgehead atoms. The van der Waals surface area contributed by atoms with E-state index in [1.807, 2.05) is 13.8 Å². The summed E-state index contributed by atoms with van der Waals surface area (Å²) in [6, 6.07) is -1.59. The van der Waals surface area contributed by atoms with Gasteiger partial charge in [0.15, 0.2) is 5.78 Å². The van der Waals surface area contributed by atoms with Crippen LogP contribution in [0.3, 0.4) is 0 Å². The highest BCUT2D eigenvalue weighted by molar-refractivity contribution is 5.99. The molecule has 0 saturated carbocycles. The van der Waals surface area contributed by atoms with Gasteiger partial charge in [-0.3, -0.25) is 19.2 Å². The number of nitrogens with zero attached hydrogens (tertiary/aromatic N) is 1. The first kappa shape index (κ1) is 27.4. The summed E-state index contributed by atoms with van der Waals surface area (Å²) in [6.45, 7) is 7.20. The van der Waals surface area contributed by atoms with Crippen molar-refractivity contribution in [2.75, 3.05) is 34.0 Å². The van der Waals surface area contributed by atoms with Crippen LogP contribution in [0.1, 0.15) is 43.4 Å². The molecule has 12 heteroatoms. The highest BCUT2D eigenvalue weighted by atomic mass is 16.6. The minimum Gasteiger partial charge on any atom is -0.382 e. The third-order valence-electron chi connectivity index (χ3n) is 5.21. The number of methoxy groups -OCH3 is 2. The molecule has 1 aliphatic heterocycles. The lowest BCUT2D eigenvalue weighted by Gasteiger charge is -2.26. The Hall–Kier alpha value is -2.83. The second kappa shape index (κ2) is 12.0. The van der Waals surface area contributed by atoms with Gasteiger partial charge in [0.25, 0.3) is 5.91 Å². The first-order valence-corrected chi connectivity index (χ1v) is 11.0. The van der Waals surface area contributed by atoms with Gasteiger partial charge < -0.3 is 34.7 Å². The lowest BCUT2D eigenvalue weighted by Crippen LogP contribution is -2.58. The Kier molecular flexibility index (Phi) is 9.71. The minimum absolute atomic E-state index is 0.0663. The smallest absolute Gasteiger partial charge is 0.290 e. The second-order valence-electron chi connectivity index (χ2n) is 8.90. The lowest BCUT2D eigenvalue weighted by atomic mass is 9.93. The van der Waals surface area contributed by atoms with Crippen LogP contribution in [0.25, 0.3) is 0 Å². The van der Waals surface area contributed by atoms with Crippen LogP contribution in [0.15, 0.2) is 10.6 Å². The van der Waals surface area contributed by atoms with Crippen LogP contribution in [0.2, 0.25) is 0 Å². The SMILES string of the molecule is COCC(NC(=O)c1cc(C)no1)C(=O)NC(COC)C(=O)NC(CC(C)C)C(=O)C1(C)CO1. The molecule has 1 saturated heterocycles. The van der Waals surface area contributed by atoms with Crippen molar-refractivity contribution in [3.63, 3.8) is 0 Å². The fourth-order valence-corrected chi connectivity index (χ4v) is 3.27. The number of hydrogen-bond acceptors (Lipinski definition) is 9. The van der Waals surface area contributed by atoms with Crippen molar-refractivity contribution in [2.24, 2.45) is 5.92 Å². The van der Waals surface area contributed by atoms with E-state index in [1.54, 1.807) is 13.8 Å². The van der Waals surface area contributed by atoms with Crippen molar-refractivity contribution in [1.82, 2.24) is 21.1 Å². The Labute approximate surface area is 198 Å². The summed E-state index contributed by atoms with van der Waals surface area (Å²) in [4.78, 5) is 51.1. The average molecular weight is 483 g/mol. The molecule has 1 fully saturated rings. The largest absolute Gasteiger partial charge is 0.382 e. The lowest BCUT2D eigenvalue weighted by molar-refractivity contribution is -0.134. The first-order valence-electron chi connectivity index (χ1n) is 11.0. The molecule has 2 heterocycles. The van der Waals surface area contributed by atoms with Gasteiger partial charge in [-0.25, -0.2) is 0 Å². The maximum atomic E-state index is 13.0. The van der Waals surface area contributed by atoms with Crippen molar-refractivity contribution in [2.45, 2.75) is 57.8 Å². The number of nitrogens with one attached hydrogen (secondary N) is 3. The number of ether oxygens (including phenoxy) is 3. The van der Waals surface area contributed by atoms with Gasteiger partial charge in [0, 0.05) is 20.3 Å². The van der Waals surface area contributed by atoms with Crippen LogP contribution in [0.5, 0.6) is 0 Å². The van der Waals surface area contributed by atoms with Crippen molar-refractivity contribution >= 4 is 23.5 Å². The van der Waals surface area contributed by atoms with Gasteiger partial charge in [-0.2, -0.15) is 0 Å². The van der Waals surface area contributed by atoms with Gasteiger partial charge in [0.1, 0.15) is 17.7 Å². The molecule has 12 nitrogen and oxygen atoms in total. The van der Waals surface area contributed by atoms with E-state index in [0.29, 0.717) is 18.7 Å². The van der Waals surface area contributed by atoms with Crippen LogP contribution >= 0.6 is 0 Å². The number of Topliss-reactive ketones (excluding diaryl/α,β-unsaturated/α-hetero) is 1. The van der Waals surface area contributed by atoms with Crippen LogP contribution in [0, 0.1) is 12.8 Å². The highest BCUT2D eigenvalue weighted by Gasteiger charge is 2.50. The van der Waals surface area contributed by atoms with Crippen LogP contribution < -0.4 is 16.0 Å². The summed E-state index contributed by atoms with van der Waals surface area (Å²) < 4.78 is 20.3. The van der Waals surface area contributed by atoms with Crippen LogP contribution in [0.4, 0.5) is 0 Å². The molecule has 0 aromatic carbocycles. The number of amides is 3. The predicted molar refractivity (Wildman–Crippen MR) is 119 cm³/mol. The topological polar surface area (TPSA) is 161 Å². The molecule has 0 spiro atoms. The Morgan fingerprint density at radius 1 is 1.03 bits per heavy atom. The normalized spacial score (nSPS) is 19.7. The third kappa shape index (κ3) is 7.61. The van der Waals surface area contributed by atoms with E-state index >= 15 is 0 Å². The fraction of sp³-hybridized carbons (Fsp3) is 0.682. The molecule has 1 aromatic heterocycles. The summed E-state index contributed by atoms with van der Waals surface area (Å²) in [6.07, 6.45) is 0.413. The minimum atomic E-state index is -1.12. The zero-order chi connectivity index (χ0) is 25.5. The molecular formula is C22H34N4O8. The van der Waals surface area contributed by atoms with Crippen molar-refractivity contribution < 1.29 is 37.9 Å². The van der Waals surface area contributed by atoms with E-state index in [0.717, 1.165) is 0 Å². The van der Waals surface area contributed by atoms with Gasteiger partial charge in [-0.05, 0) is 26.2 Å². The number of carbonyl (C=O) groups is 4. The van der Waals surface area contributed by atoms with Crippen LogP contribution in [-0.2, 0) is 28.6 Å². The molecular weight excluding hydrogens is 448 g/mol. The number of rotatable bonds is 14. The molecule has 3 amide bonds. The second-order valence-corrected chi connectivity index (χ2v) is 8.90. The first-order chi connectivity index (χ1) is 16.0. The third-order valence-corrected chi connectivity index (χ3v) is 5.21. The quantitative estimate of drug-likeness (QED) is 0.304. The molecule has 0 radical (unpaired) electrons. The molecule has 4 unspecified atom stereocenters. The van der Waals surface area contributed by atoms with E-state index in [1.165, 1.54) is 20.3 Å². The van der Waals surface area contributed by atoms with Crippen molar-refractivity contribution in [3.8, 4) is 0 Å². The Morgan fingerprint density at radius 2 is 1.56 bits per heavy atom. The monoisotopic (exact) mass is 482 g/mol. The molecule has 190 valence electrons. The van der Waals surface area contributed by atoms with E-state index in [2.05, 4.69) is 21.1 Å². The summed E-state index contributed by atoms with van der Waals surface area (Å²) >= 11 is 0. The highest BCUT2D eigenvalue weighted by Crippen LogP contribution is 2.29. The van der Waals surface area contributed by atoms with Crippen molar-refractivity contribution in [1.29, 1.82) is 0 Å². The Balaban J connectivity index is 2.08. The number of epoxide rings is 1. The average Bonchev–Trinajstić information content (AvgIpc) is 3.37. The zero-order valence-electron chi connectivity index (χ0n) is 20.4. The van der Waals surface area contributed by atoms with Crippen LogP contribution in [-0.4, -0.2) is 86.4 Å². The van der Waals surface area contributed by atoms with Gasteiger partial charge >= 0.3 is 0 Å². The number of aryl methyl sites for hydroxylation is 1. The molecule has 3 N–H and O–H groups in total. The molecule has 34 heavy (non-hydrogen) atoms. The number of ketones is 1. The van der Waals surface area contributed by atoms with Crippen molar-refractivity contribution in [3.05, 3.63) is 17.5 Å². The molecule has 2 rings (SSSR count). The Morgan fingerprint density at radius 3 is 2.00 bits per heavy atom. The number of hydrogen-bond donors (Lipinski definition) is 3. The zero-order valence-corrected chi connectivity index (χ0v) is 20.4. The Bertz CT molecular complexity index is 880. The summed E-state index contributed by atoms with van der Waals surface area (Å²) in [5.74, 6) is -2.08. The number of carbonyl (C=O) groups excluding carboxylic acids is 4. The standard InChI is InChI=1S/C22H34N4O8/c1-12(2)7-14(18(27)22(4)11-33-22)23-19(28)15(9-31-5)24-20(29)16(10-32-6)25-21(30)17-8-13(3)26-34-17/h8,12,14-16H,7,9-11H2,1-6H3,(H,23,28)(H,24,29)(H,25,30). The summed E-state index contributed by atoms with van der Waals surface area (Å²) in [5, 5.41) is 11.4. The molecule has 1 aromatic rings. The van der Waals surface area contributed by atoms with Gasteiger partial charge in [-0.15, -0.1) is 0 Å².